The van der Waals surface area contributed by atoms with E-state index in [4.69, 9.17) is 0 Å². The number of fused-ring (bicyclic) bond motifs is 6. The lowest BCUT2D eigenvalue weighted by Crippen LogP contribution is -2.12. The fourth-order valence-electron chi connectivity index (χ4n) is 15.4. The maximum atomic E-state index is 2.17. The molecule has 12 rings (SSSR count). The van der Waals surface area contributed by atoms with Gasteiger partial charge in [-0.3, -0.25) is 0 Å². The molecule has 0 spiro atoms. The van der Waals surface area contributed by atoms with Crippen LogP contribution in [0, 0.1) is 107 Å². The van der Waals surface area contributed by atoms with E-state index in [1.807, 2.05) is 0 Å². The van der Waals surface area contributed by atoms with E-state index in [1.54, 1.807) is 154 Å². The predicted molar refractivity (Wildman–Crippen MR) is 340 cm³/mol. The quantitative estimate of drug-likeness (QED) is 0.227. The molecule has 0 amide bonds. The van der Waals surface area contributed by atoms with Gasteiger partial charge in [0.2, 0.25) is 0 Å². The third-order valence-corrected chi connectivity index (χ3v) is 18.3. The highest BCUT2D eigenvalue weighted by Crippen LogP contribution is 2.47. The van der Waals surface area contributed by atoms with Gasteiger partial charge in [-0.05, 0) is 107 Å². The zero-order valence-corrected chi connectivity index (χ0v) is 55.3. The largest absolute Gasteiger partial charge is 0.0630 e. The summed E-state index contributed by atoms with van der Waals surface area (Å²) in [5.74, 6) is 19.1. The van der Waals surface area contributed by atoms with Gasteiger partial charge in [0.25, 0.3) is 0 Å². The average molecular weight is 1040 g/mol. The van der Waals surface area contributed by atoms with Crippen LogP contribution in [0.3, 0.4) is 0 Å². The third kappa shape index (κ3) is 37.8. The van der Waals surface area contributed by atoms with Gasteiger partial charge in [-0.15, -0.1) is 0 Å². The van der Waals surface area contributed by atoms with Crippen LogP contribution in [0.5, 0.6) is 0 Å². The highest BCUT2D eigenvalue weighted by molar-refractivity contribution is 4.86. The van der Waals surface area contributed by atoms with Crippen LogP contribution in [0.15, 0.2) is 0 Å². The van der Waals surface area contributed by atoms with Gasteiger partial charge >= 0.3 is 0 Å². The maximum Gasteiger partial charge on any atom is -0.0386 e. The Morgan fingerprint density at radius 2 is 0.176 bits per heavy atom. The molecule has 0 radical (unpaired) electrons. The first-order valence-electron chi connectivity index (χ1n) is 35.2. The highest BCUT2D eigenvalue weighted by Gasteiger charge is 2.34. The molecule has 0 N–H and O–H groups in total. The van der Waals surface area contributed by atoms with Gasteiger partial charge in [0.05, 0.1) is 0 Å². The van der Waals surface area contributed by atoms with Gasteiger partial charge in [0.1, 0.15) is 0 Å². The van der Waals surface area contributed by atoms with Gasteiger partial charge in [0.15, 0.2) is 0 Å². The number of hydrogen-bond acceptors (Lipinski definition) is 0. The summed E-state index contributed by atoms with van der Waals surface area (Å²) in [5.41, 5.74) is 0. The molecule has 74 heavy (non-hydrogen) atoms. The lowest BCUT2D eigenvalue weighted by Gasteiger charge is -2.24. The Kier molecular flexibility index (Phi) is 43.5. The summed E-state index contributed by atoms with van der Waals surface area (Å²) in [5, 5.41) is 0. The highest BCUT2D eigenvalue weighted by atomic mass is 14.4. The van der Waals surface area contributed by atoms with Crippen molar-refractivity contribution < 1.29 is 0 Å². The molecule has 0 aliphatic heterocycles. The van der Waals surface area contributed by atoms with Crippen LogP contribution >= 0.6 is 0 Å². The first-order valence-corrected chi connectivity index (χ1v) is 35.2. The summed E-state index contributed by atoms with van der Waals surface area (Å²) in [6, 6.07) is 0. The molecule has 0 bridgehead atoms. The molecule has 12 saturated carbocycles. The first kappa shape index (κ1) is 72.0. The summed E-state index contributed by atoms with van der Waals surface area (Å²) < 4.78 is 0. The minimum atomic E-state index is 0.833. The molecular weight excluding hydrogens is 889 g/mol. The zero-order chi connectivity index (χ0) is 55.3. The van der Waals surface area contributed by atoms with Crippen molar-refractivity contribution in [2.75, 3.05) is 0 Å². The molecule has 0 heterocycles. The number of rotatable bonds is 0. The molecule has 0 aromatic carbocycles. The zero-order valence-electron chi connectivity index (χ0n) is 55.3. The molecule has 444 valence electrons. The Morgan fingerprint density at radius 3 is 0.243 bits per heavy atom. The topological polar surface area (TPSA) is 0 Å². The van der Waals surface area contributed by atoms with Crippen LogP contribution < -0.4 is 0 Å². The van der Waals surface area contributed by atoms with Gasteiger partial charge in [0, 0.05) is 0 Å². The number of hydrogen-bond donors (Lipinski definition) is 0. The van der Waals surface area contributed by atoms with E-state index >= 15 is 0 Å². The smallest absolute Gasteiger partial charge is 0.0386 e. The van der Waals surface area contributed by atoms with Gasteiger partial charge in [-0.25, -0.2) is 0 Å². The molecule has 0 saturated heterocycles. The summed E-state index contributed by atoms with van der Waals surface area (Å²) >= 11 is 0. The van der Waals surface area contributed by atoms with E-state index in [9.17, 15) is 0 Å². The maximum absolute atomic E-state index is 2.17. The van der Waals surface area contributed by atoms with E-state index in [0.29, 0.717) is 0 Å². The Hall–Kier alpha value is 0. The molecule has 0 aromatic rings. The van der Waals surface area contributed by atoms with Gasteiger partial charge < -0.3 is 0 Å². The molecule has 12 fully saturated rings. The Balaban J connectivity index is 0.000000411. The minimum absolute atomic E-state index is 0.833. The van der Waals surface area contributed by atoms with E-state index < -0.39 is 0 Å². The molecule has 0 heteroatoms. The lowest BCUT2D eigenvalue weighted by molar-refractivity contribution is 0.277. The van der Waals surface area contributed by atoms with Crippen LogP contribution in [0.1, 0.15) is 369 Å². The fraction of sp³-hybridized carbons (Fsp3) is 1.00. The van der Waals surface area contributed by atoms with Crippen molar-refractivity contribution in [2.24, 2.45) is 107 Å². The van der Waals surface area contributed by atoms with Crippen molar-refractivity contribution in [3.05, 3.63) is 0 Å². The summed E-state index contributed by atoms with van der Waals surface area (Å²) in [4.78, 5) is 0. The van der Waals surface area contributed by atoms with Crippen molar-refractivity contribution in [1.29, 1.82) is 0 Å². The van der Waals surface area contributed by atoms with Crippen LogP contribution in [-0.4, -0.2) is 0 Å². The molecule has 4 unspecified atom stereocenters. The second kappa shape index (κ2) is 44.7. The SMILES string of the molecule is C1CC2CCCC2C1.C1CC2CCCC2C1.C1CC2CCCC2C1.C1CC2CCCC2C1.C1CCC2CCCC2C1.C1CCC2CCCC2C1.CC(C)C.CC(C)C.CC(C)C.CC(C)C.CC(C)C.CC(C)C. The Labute approximate surface area is 472 Å². The van der Waals surface area contributed by atoms with Crippen molar-refractivity contribution in [2.45, 2.75) is 369 Å². The van der Waals surface area contributed by atoms with Crippen molar-refractivity contribution in [1.82, 2.24) is 0 Å². The second-order valence-corrected chi connectivity index (χ2v) is 31.4. The van der Waals surface area contributed by atoms with E-state index in [-0.39, 0.29) is 0 Å². The Morgan fingerprint density at radius 1 is 0.122 bits per heavy atom. The van der Waals surface area contributed by atoms with Crippen molar-refractivity contribution in [3.63, 3.8) is 0 Å². The third-order valence-electron chi connectivity index (χ3n) is 18.3. The van der Waals surface area contributed by atoms with Crippen LogP contribution in [0.2, 0.25) is 0 Å². The molecule has 0 nitrogen and oxygen atoms in total. The predicted octanol–water partition coefficient (Wildman–Crippen LogP) is 26.3. The molecular formula is C74H148. The van der Waals surface area contributed by atoms with Gasteiger partial charge in [-0.1, -0.05) is 369 Å². The van der Waals surface area contributed by atoms with E-state index in [2.05, 4.69) is 125 Å². The van der Waals surface area contributed by atoms with Gasteiger partial charge in [-0.2, -0.15) is 0 Å². The first-order chi connectivity index (χ1) is 35.2. The molecule has 12 aliphatic carbocycles. The van der Waals surface area contributed by atoms with Crippen LogP contribution in [0.25, 0.3) is 0 Å². The molecule has 12 aliphatic rings. The lowest BCUT2D eigenvalue weighted by atomic mass is 9.82. The van der Waals surface area contributed by atoms with E-state index in [1.165, 1.54) is 161 Å². The fourth-order valence-corrected chi connectivity index (χ4v) is 15.4. The summed E-state index contributed by atoms with van der Waals surface area (Å²) in [6.07, 6.45) is 58.9. The monoisotopic (exact) mass is 1040 g/mol. The van der Waals surface area contributed by atoms with Crippen LogP contribution in [0.4, 0.5) is 0 Å². The summed E-state index contributed by atoms with van der Waals surface area (Å²) in [6.45, 7) is 39.0. The van der Waals surface area contributed by atoms with Crippen molar-refractivity contribution >= 4 is 0 Å². The second-order valence-electron chi connectivity index (χ2n) is 31.4. The normalized spacial score (nSPS) is 32.8. The van der Waals surface area contributed by atoms with Crippen molar-refractivity contribution in [3.8, 4) is 0 Å². The molecule has 4 atom stereocenters. The van der Waals surface area contributed by atoms with E-state index in [0.717, 1.165) is 35.5 Å². The standard InChI is InChI=1S/2C9H16.4C8H14.6C4H10/c2*1-2-5-9-7-3-6-8(9)4-1;4*1-3-7-5-2-6-8(7)4-1;6*1-4(2)3/h2*8-9H,1-7H2;4*7-8H,1-6H2;6*4H,1-3H3. The average Bonchev–Trinajstić information content (AvgIpc) is 4.12. The summed E-state index contributed by atoms with van der Waals surface area (Å²) in [7, 11) is 0. The molecule has 0 aromatic heterocycles. The Bertz CT molecular complexity index is 899. The minimum Gasteiger partial charge on any atom is -0.0630 e. The van der Waals surface area contributed by atoms with Crippen LogP contribution in [-0.2, 0) is 0 Å².